The lowest BCUT2D eigenvalue weighted by Gasteiger charge is -2.42. The zero-order chi connectivity index (χ0) is 30.0. The summed E-state index contributed by atoms with van der Waals surface area (Å²) in [5.74, 6) is 1.46. The maximum Gasteiger partial charge on any atom is 0.407 e. The standard InChI is InChI=1S/C32H44N2O9/c1-37-13-3-11-33-12-16-40-28-10-5-23(17-27(28)33)20-42-29-18-34(32(35)36)19-30(43-22-26-21-41-26)31(29)24-6-8-25(9-7-24)39-15-4-14-38-2/h5-10,17,26,29-31H,3-4,11-16,18-22H2,1-2H3,(H,35,36)/t26-,29+,30-,31-/m1/s1. The van der Waals surface area contributed by atoms with E-state index in [1.54, 1.807) is 14.2 Å². The van der Waals surface area contributed by atoms with Gasteiger partial charge in [0.2, 0.25) is 0 Å². The van der Waals surface area contributed by atoms with E-state index in [1.165, 1.54) is 4.90 Å². The number of ether oxygens (including phenoxy) is 7. The normalized spacial score (nSPS) is 23.0. The van der Waals surface area contributed by atoms with Crippen molar-refractivity contribution in [3.05, 3.63) is 53.6 Å². The Kier molecular flexibility index (Phi) is 11.4. The van der Waals surface area contributed by atoms with Gasteiger partial charge in [-0.25, -0.2) is 4.79 Å². The first-order valence-electron chi connectivity index (χ1n) is 15.1. The van der Waals surface area contributed by atoms with E-state index in [4.69, 9.17) is 33.2 Å². The maximum absolute atomic E-state index is 12.1. The van der Waals surface area contributed by atoms with Crippen LogP contribution in [0.2, 0.25) is 0 Å². The van der Waals surface area contributed by atoms with Crippen molar-refractivity contribution in [3.63, 3.8) is 0 Å². The van der Waals surface area contributed by atoms with Crippen molar-refractivity contribution in [2.75, 3.05) is 84.9 Å². The summed E-state index contributed by atoms with van der Waals surface area (Å²) in [6.45, 7) is 6.17. The predicted octanol–water partition coefficient (Wildman–Crippen LogP) is 3.78. The van der Waals surface area contributed by atoms with Crippen LogP contribution in [0.5, 0.6) is 11.5 Å². The van der Waals surface area contributed by atoms with Crippen LogP contribution in [0.3, 0.4) is 0 Å². The van der Waals surface area contributed by atoms with Gasteiger partial charge in [0.15, 0.2) is 0 Å². The Hall–Kier alpha value is -3.09. The monoisotopic (exact) mass is 600 g/mol. The molecule has 11 nitrogen and oxygen atoms in total. The number of carboxylic acid groups (broad SMARTS) is 1. The molecular formula is C32H44N2O9. The molecule has 0 spiro atoms. The summed E-state index contributed by atoms with van der Waals surface area (Å²) in [4.78, 5) is 15.9. The average Bonchev–Trinajstić information content (AvgIpc) is 3.86. The summed E-state index contributed by atoms with van der Waals surface area (Å²) in [6.07, 6.45) is -0.00109. The number of hydrogen-bond acceptors (Lipinski definition) is 9. The molecule has 0 bridgehead atoms. The number of amides is 1. The van der Waals surface area contributed by atoms with Crippen LogP contribution < -0.4 is 14.4 Å². The van der Waals surface area contributed by atoms with Crippen molar-refractivity contribution in [1.29, 1.82) is 0 Å². The van der Waals surface area contributed by atoms with Crippen LogP contribution in [0, 0.1) is 0 Å². The third-order valence-corrected chi connectivity index (χ3v) is 8.02. The van der Waals surface area contributed by atoms with E-state index < -0.39 is 12.2 Å². The fourth-order valence-electron chi connectivity index (χ4n) is 5.69. The van der Waals surface area contributed by atoms with Gasteiger partial charge < -0.3 is 48.1 Å². The van der Waals surface area contributed by atoms with Crippen molar-refractivity contribution in [2.24, 2.45) is 0 Å². The van der Waals surface area contributed by atoms with Crippen LogP contribution in [0.15, 0.2) is 42.5 Å². The number of nitrogens with zero attached hydrogens (tertiary/aromatic N) is 2. The highest BCUT2D eigenvalue weighted by Crippen LogP contribution is 2.36. The van der Waals surface area contributed by atoms with Crippen molar-refractivity contribution >= 4 is 11.8 Å². The molecular weight excluding hydrogens is 556 g/mol. The zero-order valence-corrected chi connectivity index (χ0v) is 25.2. The Bertz CT molecular complexity index is 1160. The van der Waals surface area contributed by atoms with Gasteiger partial charge in [-0.3, -0.25) is 0 Å². The van der Waals surface area contributed by atoms with Gasteiger partial charge in [-0.2, -0.15) is 0 Å². The van der Waals surface area contributed by atoms with E-state index >= 15 is 0 Å². The molecule has 4 atom stereocenters. The fraction of sp³-hybridized carbons (Fsp3) is 0.594. The highest BCUT2D eigenvalue weighted by molar-refractivity contribution is 5.65. The minimum Gasteiger partial charge on any atom is -0.494 e. The molecule has 1 N–H and O–H groups in total. The van der Waals surface area contributed by atoms with Gasteiger partial charge in [0, 0.05) is 46.3 Å². The molecule has 3 aliphatic rings. The summed E-state index contributed by atoms with van der Waals surface area (Å²) in [6, 6.07) is 14.1. The molecule has 0 aliphatic carbocycles. The molecule has 43 heavy (non-hydrogen) atoms. The molecule has 2 saturated heterocycles. The highest BCUT2D eigenvalue weighted by atomic mass is 16.6. The second-order valence-electron chi connectivity index (χ2n) is 11.1. The smallest absolute Gasteiger partial charge is 0.407 e. The van der Waals surface area contributed by atoms with E-state index in [1.807, 2.05) is 36.4 Å². The number of carbonyl (C=O) groups is 1. The Balaban J connectivity index is 1.33. The van der Waals surface area contributed by atoms with Gasteiger partial charge in [0.1, 0.15) is 24.2 Å². The Morgan fingerprint density at radius 2 is 1.72 bits per heavy atom. The lowest BCUT2D eigenvalue weighted by molar-refractivity contribution is -0.0911. The first kappa shape index (κ1) is 31.3. The van der Waals surface area contributed by atoms with Crippen LogP contribution in [-0.4, -0.2) is 114 Å². The average molecular weight is 601 g/mol. The first-order chi connectivity index (χ1) is 21.1. The van der Waals surface area contributed by atoms with Gasteiger partial charge in [0.25, 0.3) is 0 Å². The number of anilines is 1. The molecule has 2 aromatic rings. The van der Waals surface area contributed by atoms with Crippen molar-refractivity contribution in [2.45, 2.75) is 43.7 Å². The Morgan fingerprint density at radius 3 is 2.44 bits per heavy atom. The molecule has 3 heterocycles. The molecule has 11 heteroatoms. The van der Waals surface area contributed by atoms with Crippen LogP contribution in [0.1, 0.15) is 29.9 Å². The molecule has 2 aromatic carbocycles. The molecule has 2 fully saturated rings. The van der Waals surface area contributed by atoms with Gasteiger partial charge in [-0.05, 0) is 41.8 Å². The van der Waals surface area contributed by atoms with Crippen LogP contribution in [0.25, 0.3) is 0 Å². The van der Waals surface area contributed by atoms with E-state index in [0.29, 0.717) is 46.2 Å². The molecule has 0 aromatic heterocycles. The van der Waals surface area contributed by atoms with E-state index in [0.717, 1.165) is 54.2 Å². The van der Waals surface area contributed by atoms with Gasteiger partial charge in [-0.15, -0.1) is 0 Å². The fourth-order valence-corrected chi connectivity index (χ4v) is 5.69. The van der Waals surface area contributed by atoms with E-state index in [9.17, 15) is 9.90 Å². The van der Waals surface area contributed by atoms with Crippen molar-refractivity contribution in [3.8, 4) is 11.5 Å². The van der Waals surface area contributed by atoms with Gasteiger partial charge in [0.05, 0.1) is 64.0 Å². The highest BCUT2D eigenvalue weighted by Gasteiger charge is 2.42. The second-order valence-corrected chi connectivity index (χ2v) is 11.1. The lowest BCUT2D eigenvalue weighted by atomic mass is 9.84. The maximum atomic E-state index is 12.1. The molecule has 3 aliphatic heterocycles. The minimum absolute atomic E-state index is 0.0626. The number of piperidine rings is 1. The number of fused-ring (bicyclic) bond motifs is 1. The third kappa shape index (κ3) is 8.73. The number of epoxide rings is 1. The predicted molar refractivity (Wildman–Crippen MR) is 159 cm³/mol. The quantitative estimate of drug-likeness (QED) is 0.226. The number of benzene rings is 2. The number of rotatable bonds is 16. The lowest BCUT2D eigenvalue weighted by Crippen LogP contribution is -2.54. The van der Waals surface area contributed by atoms with E-state index in [-0.39, 0.29) is 31.2 Å². The summed E-state index contributed by atoms with van der Waals surface area (Å²) in [5.41, 5.74) is 3.06. The third-order valence-electron chi connectivity index (χ3n) is 8.02. The topological polar surface area (TPSA) is 112 Å². The van der Waals surface area contributed by atoms with Crippen molar-refractivity contribution in [1.82, 2.24) is 4.90 Å². The second kappa shape index (κ2) is 15.6. The number of likely N-dealkylation sites (tertiary alicyclic amines) is 1. The molecule has 0 radical (unpaired) electrons. The van der Waals surface area contributed by atoms with Gasteiger partial charge >= 0.3 is 6.09 Å². The number of hydrogen-bond donors (Lipinski definition) is 1. The van der Waals surface area contributed by atoms with Gasteiger partial charge in [-0.1, -0.05) is 18.2 Å². The molecule has 5 rings (SSSR count). The van der Waals surface area contributed by atoms with Crippen LogP contribution in [-0.2, 0) is 30.3 Å². The molecule has 0 unspecified atom stereocenters. The summed E-state index contributed by atoms with van der Waals surface area (Å²) in [7, 11) is 3.39. The molecule has 0 saturated carbocycles. The molecule has 236 valence electrons. The van der Waals surface area contributed by atoms with Crippen LogP contribution >= 0.6 is 0 Å². The number of methoxy groups -OCH3 is 2. The summed E-state index contributed by atoms with van der Waals surface area (Å²) < 4.78 is 40.4. The van der Waals surface area contributed by atoms with Crippen LogP contribution in [0.4, 0.5) is 10.5 Å². The zero-order valence-electron chi connectivity index (χ0n) is 25.2. The first-order valence-corrected chi connectivity index (χ1v) is 15.1. The summed E-state index contributed by atoms with van der Waals surface area (Å²) in [5, 5.41) is 9.95. The Morgan fingerprint density at radius 1 is 0.977 bits per heavy atom. The minimum atomic E-state index is -0.985. The van der Waals surface area contributed by atoms with Crippen molar-refractivity contribution < 1.29 is 43.1 Å². The largest absolute Gasteiger partial charge is 0.494 e. The molecule has 1 amide bonds. The summed E-state index contributed by atoms with van der Waals surface area (Å²) >= 11 is 0. The Labute approximate surface area is 253 Å². The van der Waals surface area contributed by atoms with E-state index in [2.05, 4.69) is 11.0 Å². The SMILES string of the molecule is COCCCOc1ccc([C@@H]2[C@@H](OCc3ccc4c(c3)N(CCCOC)CCO4)CN(C(=O)O)C[C@H]2OC[C@H]2CO2)cc1.